The number of rotatable bonds is 7. The smallest absolute Gasteiger partial charge is 0.341 e. The Balaban J connectivity index is 2.09. The number of nitrogens with zero attached hydrogens (tertiary/aromatic N) is 1. The Morgan fingerprint density at radius 1 is 1.07 bits per heavy atom. The van der Waals surface area contributed by atoms with Gasteiger partial charge in [0.2, 0.25) is 0 Å². The van der Waals surface area contributed by atoms with Gasteiger partial charge < -0.3 is 24.3 Å². The lowest BCUT2D eigenvalue weighted by molar-refractivity contribution is -0.305. The average molecular weight is 392 g/mol. The second kappa shape index (κ2) is 8.65. The molecule has 0 atom stereocenters. The summed E-state index contributed by atoms with van der Waals surface area (Å²) < 4.78 is 6.83. The summed E-state index contributed by atoms with van der Waals surface area (Å²) in [6.07, 6.45) is 0.152. The Kier molecular flexibility index (Phi) is 6.02. The van der Waals surface area contributed by atoms with Crippen molar-refractivity contribution in [1.82, 2.24) is 4.57 Å². The van der Waals surface area contributed by atoms with E-state index in [1.54, 1.807) is 13.0 Å². The summed E-state index contributed by atoms with van der Waals surface area (Å²) in [4.78, 5) is 22.9. The lowest BCUT2D eigenvalue weighted by Gasteiger charge is -2.16. The van der Waals surface area contributed by atoms with Gasteiger partial charge >= 0.3 is 5.97 Å². The highest BCUT2D eigenvalue weighted by atomic mass is 16.5. The van der Waals surface area contributed by atoms with Crippen molar-refractivity contribution in [1.29, 1.82) is 0 Å². The van der Waals surface area contributed by atoms with Crippen molar-refractivity contribution >= 4 is 11.9 Å². The molecule has 0 aliphatic carbocycles. The van der Waals surface area contributed by atoms with Crippen LogP contribution < -0.4 is 5.11 Å². The molecule has 6 nitrogen and oxygen atoms in total. The number of carbonyl (C=O) groups is 2. The van der Waals surface area contributed by atoms with Crippen LogP contribution in [0.4, 0.5) is 0 Å². The third-order valence-electron chi connectivity index (χ3n) is 4.63. The van der Waals surface area contributed by atoms with Gasteiger partial charge in [-0.05, 0) is 56.5 Å². The van der Waals surface area contributed by atoms with Gasteiger partial charge in [-0.2, -0.15) is 0 Å². The van der Waals surface area contributed by atoms with Crippen molar-refractivity contribution in [2.24, 2.45) is 0 Å². The van der Waals surface area contributed by atoms with Crippen molar-refractivity contribution in [2.45, 2.75) is 26.7 Å². The van der Waals surface area contributed by atoms with E-state index in [0.29, 0.717) is 5.69 Å². The summed E-state index contributed by atoms with van der Waals surface area (Å²) in [5.41, 5.74) is 4.37. The van der Waals surface area contributed by atoms with Crippen LogP contribution in [0.5, 0.6) is 5.75 Å². The molecule has 0 amide bonds. The molecule has 1 aromatic heterocycles. The van der Waals surface area contributed by atoms with E-state index in [9.17, 15) is 19.8 Å². The number of aromatic nitrogens is 1. The minimum atomic E-state index is -1.13. The third kappa shape index (κ3) is 4.48. The number of aliphatic carboxylic acids is 1. The Hall–Kier alpha value is -3.54. The van der Waals surface area contributed by atoms with Crippen molar-refractivity contribution in [3.63, 3.8) is 0 Å². The molecule has 6 heteroatoms. The van der Waals surface area contributed by atoms with Gasteiger partial charge in [-0.1, -0.05) is 29.8 Å². The first-order chi connectivity index (χ1) is 13.9. The molecule has 1 heterocycles. The number of phenols is 1. The van der Waals surface area contributed by atoms with E-state index in [-0.39, 0.29) is 30.8 Å². The first-order valence-electron chi connectivity index (χ1n) is 9.38. The van der Waals surface area contributed by atoms with Crippen LogP contribution in [0.15, 0.2) is 54.6 Å². The Morgan fingerprint density at radius 2 is 1.79 bits per heavy atom. The fourth-order valence-electron chi connectivity index (χ4n) is 3.20. The van der Waals surface area contributed by atoms with Crippen molar-refractivity contribution < 1.29 is 24.5 Å². The molecular formula is C23H22NO5-. The molecule has 2 aromatic carbocycles. The van der Waals surface area contributed by atoms with E-state index in [2.05, 4.69) is 0 Å². The van der Waals surface area contributed by atoms with Crippen molar-refractivity contribution in [3.05, 3.63) is 71.4 Å². The van der Waals surface area contributed by atoms with Gasteiger partial charge in [-0.15, -0.1) is 0 Å². The Bertz CT molecular complexity index is 1030. The number of ether oxygens (including phenoxy) is 1. The summed E-state index contributed by atoms with van der Waals surface area (Å²) in [5, 5.41) is 21.3. The number of carboxylic acids is 1. The SMILES string of the molecule is CCOC(=O)c1ccc(-n2c(CCC(=O)[O-])ccc2-c2ccc(C)cc2)cc1O. The minimum absolute atomic E-state index is 0.0796. The quantitative estimate of drug-likeness (QED) is 0.624. The zero-order valence-corrected chi connectivity index (χ0v) is 16.3. The molecule has 0 unspecified atom stereocenters. The highest BCUT2D eigenvalue weighted by Crippen LogP contribution is 2.30. The van der Waals surface area contributed by atoms with Gasteiger partial charge in [0.05, 0.1) is 12.3 Å². The van der Waals surface area contributed by atoms with Crippen LogP contribution in [0.25, 0.3) is 16.9 Å². The van der Waals surface area contributed by atoms with Crippen molar-refractivity contribution in [3.8, 4) is 22.7 Å². The molecule has 0 bridgehead atoms. The second-order valence-electron chi connectivity index (χ2n) is 6.71. The van der Waals surface area contributed by atoms with Gasteiger partial charge in [-0.3, -0.25) is 0 Å². The molecule has 0 fully saturated rings. The fourth-order valence-corrected chi connectivity index (χ4v) is 3.20. The van der Waals surface area contributed by atoms with Crippen LogP contribution in [-0.4, -0.2) is 28.2 Å². The standard InChI is InChI=1S/C23H23NO5/c1-3-29-23(28)19-11-8-18(14-21(19)25)24-17(10-13-22(26)27)9-12-20(24)16-6-4-15(2)5-7-16/h4-9,11-12,14,25H,3,10,13H2,1-2H3,(H,26,27)/p-1. The van der Waals surface area contributed by atoms with E-state index < -0.39 is 11.9 Å². The summed E-state index contributed by atoms with van der Waals surface area (Å²) in [6, 6.07) is 16.4. The van der Waals surface area contributed by atoms with Gasteiger partial charge in [0.1, 0.15) is 11.3 Å². The molecule has 0 radical (unpaired) electrons. The van der Waals surface area contributed by atoms with E-state index >= 15 is 0 Å². The van der Waals surface area contributed by atoms with Gasteiger partial charge in [0.15, 0.2) is 0 Å². The average Bonchev–Trinajstić information content (AvgIpc) is 3.11. The molecule has 0 aliphatic rings. The number of aromatic hydroxyl groups is 1. The molecule has 0 spiro atoms. The largest absolute Gasteiger partial charge is 0.550 e. The predicted molar refractivity (Wildman–Crippen MR) is 107 cm³/mol. The number of carboxylic acid groups (broad SMARTS) is 1. The van der Waals surface area contributed by atoms with Crippen LogP contribution in [0.2, 0.25) is 0 Å². The predicted octanol–water partition coefficient (Wildman–Crippen LogP) is 3.02. The molecule has 0 aliphatic heterocycles. The zero-order chi connectivity index (χ0) is 21.0. The summed E-state index contributed by atoms with van der Waals surface area (Å²) in [5.74, 6) is -1.93. The second-order valence-corrected chi connectivity index (χ2v) is 6.71. The summed E-state index contributed by atoms with van der Waals surface area (Å²) in [6.45, 7) is 3.91. The fraction of sp³-hybridized carbons (Fsp3) is 0.217. The van der Waals surface area contributed by atoms with E-state index in [4.69, 9.17) is 4.74 Å². The van der Waals surface area contributed by atoms with Gasteiger partial charge in [-0.25, -0.2) is 4.79 Å². The molecule has 1 N–H and O–H groups in total. The first kappa shape index (κ1) is 20.2. The molecule has 150 valence electrons. The van der Waals surface area contributed by atoms with Crippen LogP contribution in [-0.2, 0) is 16.0 Å². The molecule has 29 heavy (non-hydrogen) atoms. The molecule has 0 saturated heterocycles. The highest BCUT2D eigenvalue weighted by Gasteiger charge is 2.17. The monoisotopic (exact) mass is 392 g/mol. The number of phenolic OH excluding ortho intramolecular Hbond substituents is 1. The zero-order valence-electron chi connectivity index (χ0n) is 16.3. The lowest BCUT2D eigenvalue weighted by atomic mass is 10.1. The van der Waals surface area contributed by atoms with Crippen LogP contribution in [0.3, 0.4) is 0 Å². The maximum absolute atomic E-state index is 12.0. The number of carbonyl (C=O) groups excluding carboxylic acids is 2. The maximum atomic E-state index is 12.0. The van der Waals surface area contributed by atoms with E-state index in [0.717, 1.165) is 22.5 Å². The van der Waals surface area contributed by atoms with E-state index in [1.165, 1.54) is 12.1 Å². The Morgan fingerprint density at radius 3 is 2.41 bits per heavy atom. The third-order valence-corrected chi connectivity index (χ3v) is 4.63. The molecule has 3 rings (SSSR count). The summed E-state index contributed by atoms with van der Waals surface area (Å²) >= 11 is 0. The molecular weight excluding hydrogens is 370 g/mol. The number of hydrogen-bond donors (Lipinski definition) is 1. The highest BCUT2D eigenvalue weighted by molar-refractivity contribution is 5.92. The number of benzene rings is 2. The maximum Gasteiger partial charge on any atom is 0.341 e. The van der Waals surface area contributed by atoms with Gasteiger partial charge in [0, 0.05) is 23.4 Å². The topological polar surface area (TPSA) is 91.6 Å². The lowest BCUT2D eigenvalue weighted by Crippen LogP contribution is -2.22. The van der Waals surface area contributed by atoms with Crippen LogP contribution in [0.1, 0.15) is 35.0 Å². The van der Waals surface area contributed by atoms with Crippen LogP contribution >= 0.6 is 0 Å². The Labute approximate surface area is 169 Å². The number of hydrogen-bond acceptors (Lipinski definition) is 5. The van der Waals surface area contributed by atoms with E-state index in [1.807, 2.05) is 47.9 Å². The first-order valence-corrected chi connectivity index (χ1v) is 9.38. The number of aryl methyl sites for hydroxylation is 2. The molecule has 3 aromatic rings. The van der Waals surface area contributed by atoms with Gasteiger partial charge in [0.25, 0.3) is 0 Å². The molecule has 0 saturated carbocycles. The normalized spacial score (nSPS) is 10.7. The number of esters is 1. The summed E-state index contributed by atoms with van der Waals surface area (Å²) in [7, 11) is 0. The van der Waals surface area contributed by atoms with Crippen molar-refractivity contribution in [2.75, 3.05) is 6.61 Å². The van der Waals surface area contributed by atoms with Crippen LogP contribution in [0, 0.1) is 6.92 Å². The minimum Gasteiger partial charge on any atom is -0.550 e.